The van der Waals surface area contributed by atoms with Gasteiger partial charge in [-0.2, -0.15) is 0 Å². The first-order valence-corrected chi connectivity index (χ1v) is 6.40. The number of nitrogens with one attached hydrogen (secondary N) is 2. The SMILES string of the molecule is COc1cc(NCc2ccc3c(c2)CNC3)ccn1. The minimum absolute atomic E-state index is 0.628. The molecule has 0 unspecified atom stereocenters. The van der Waals surface area contributed by atoms with Gasteiger partial charge in [-0.15, -0.1) is 0 Å². The van der Waals surface area contributed by atoms with Gasteiger partial charge in [0.05, 0.1) is 7.11 Å². The van der Waals surface area contributed by atoms with E-state index >= 15 is 0 Å². The Balaban J connectivity index is 1.68. The van der Waals surface area contributed by atoms with Gasteiger partial charge >= 0.3 is 0 Å². The van der Waals surface area contributed by atoms with Crippen LogP contribution in [0.15, 0.2) is 36.5 Å². The molecule has 98 valence electrons. The Morgan fingerprint density at radius 3 is 3.00 bits per heavy atom. The van der Waals surface area contributed by atoms with Gasteiger partial charge in [-0.3, -0.25) is 0 Å². The molecule has 2 heterocycles. The third kappa shape index (κ3) is 2.69. The number of ether oxygens (including phenoxy) is 1. The normalized spacial score (nSPS) is 13.1. The maximum Gasteiger partial charge on any atom is 0.214 e. The number of methoxy groups -OCH3 is 1. The van der Waals surface area contributed by atoms with E-state index in [0.717, 1.165) is 25.3 Å². The first-order chi connectivity index (χ1) is 9.35. The number of rotatable bonds is 4. The lowest BCUT2D eigenvalue weighted by molar-refractivity contribution is 0.398. The summed E-state index contributed by atoms with van der Waals surface area (Å²) in [4.78, 5) is 4.09. The van der Waals surface area contributed by atoms with E-state index in [1.54, 1.807) is 13.3 Å². The number of fused-ring (bicyclic) bond motifs is 1. The summed E-state index contributed by atoms with van der Waals surface area (Å²) in [5, 5.41) is 6.74. The number of benzene rings is 1. The van der Waals surface area contributed by atoms with Crippen LogP contribution in [0.1, 0.15) is 16.7 Å². The number of anilines is 1. The molecule has 0 atom stereocenters. The molecule has 4 nitrogen and oxygen atoms in total. The summed E-state index contributed by atoms with van der Waals surface area (Å²) in [6.45, 7) is 2.78. The van der Waals surface area contributed by atoms with Crippen molar-refractivity contribution in [3.8, 4) is 5.88 Å². The zero-order chi connectivity index (χ0) is 13.1. The Bertz CT molecular complexity index is 583. The summed E-state index contributed by atoms with van der Waals surface area (Å²) in [6.07, 6.45) is 1.74. The Hall–Kier alpha value is -2.07. The molecule has 0 saturated heterocycles. The molecule has 0 radical (unpaired) electrons. The molecular formula is C15H17N3O. The predicted octanol–water partition coefficient (Wildman–Crippen LogP) is 2.31. The van der Waals surface area contributed by atoms with Gasteiger partial charge < -0.3 is 15.4 Å². The highest BCUT2D eigenvalue weighted by atomic mass is 16.5. The lowest BCUT2D eigenvalue weighted by Crippen LogP contribution is -2.01. The molecule has 2 N–H and O–H groups in total. The van der Waals surface area contributed by atoms with E-state index in [9.17, 15) is 0 Å². The van der Waals surface area contributed by atoms with Crippen molar-refractivity contribution in [1.82, 2.24) is 10.3 Å². The van der Waals surface area contributed by atoms with Gasteiger partial charge in [0.1, 0.15) is 0 Å². The number of hydrogen-bond acceptors (Lipinski definition) is 4. The number of pyridine rings is 1. The van der Waals surface area contributed by atoms with Gasteiger partial charge in [0.25, 0.3) is 0 Å². The Labute approximate surface area is 112 Å². The molecule has 0 amide bonds. The first kappa shape index (κ1) is 12.0. The molecule has 4 heteroatoms. The van der Waals surface area contributed by atoms with E-state index in [2.05, 4.69) is 33.8 Å². The van der Waals surface area contributed by atoms with Crippen molar-refractivity contribution in [2.75, 3.05) is 12.4 Å². The number of hydrogen-bond donors (Lipinski definition) is 2. The van der Waals surface area contributed by atoms with Crippen LogP contribution in [0, 0.1) is 0 Å². The Morgan fingerprint density at radius 1 is 1.21 bits per heavy atom. The van der Waals surface area contributed by atoms with Crippen LogP contribution in [-0.4, -0.2) is 12.1 Å². The predicted molar refractivity (Wildman–Crippen MR) is 75.1 cm³/mol. The first-order valence-electron chi connectivity index (χ1n) is 6.40. The molecule has 0 fully saturated rings. The standard InChI is InChI=1S/C15H17N3O/c1-19-15-7-14(4-5-17-15)18-8-11-2-3-12-9-16-10-13(12)6-11/h2-7,16H,8-10H2,1H3,(H,17,18). The summed E-state index contributed by atoms with van der Waals surface area (Å²) in [6, 6.07) is 10.5. The molecule has 19 heavy (non-hydrogen) atoms. The zero-order valence-electron chi connectivity index (χ0n) is 10.9. The quantitative estimate of drug-likeness (QED) is 0.880. The minimum atomic E-state index is 0.628. The van der Waals surface area contributed by atoms with Crippen molar-refractivity contribution in [3.05, 3.63) is 53.2 Å². The topological polar surface area (TPSA) is 46.2 Å². The van der Waals surface area contributed by atoms with E-state index in [0.29, 0.717) is 5.88 Å². The fourth-order valence-electron chi connectivity index (χ4n) is 2.29. The fraction of sp³-hybridized carbons (Fsp3) is 0.267. The molecule has 1 aliphatic rings. The second-order valence-electron chi connectivity index (χ2n) is 4.65. The molecule has 1 aliphatic heterocycles. The summed E-state index contributed by atoms with van der Waals surface area (Å²) in [7, 11) is 1.62. The summed E-state index contributed by atoms with van der Waals surface area (Å²) in [5.41, 5.74) is 5.13. The van der Waals surface area contributed by atoms with Gasteiger partial charge in [0.15, 0.2) is 0 Å². The third-order valence-electron chi connectivity index (χ3n) is 3.34. The van der Waals surface area contributed by atoms with Crippen LogP contribution in [0.4, 0.5) is 5.69 Å². The van der Waals surface area contributed by atoms with E-state index in [4.69, 9.17) is 4.74 Å². The van der Waals surface area contributed by atoms with Gasteiger partial charge in [-0.1, -0.05) is 18.2 Å². The van der Waals surface area contributed by atoms with Gasteiger partial charge in [0.2, 0.25) is 5.88 Å². The molecule has 3 rings (SSSR count). The minimum Gasteiger partial charge on any atom is -0.481 e. The van der Waals surface area contributed by atoms with Crippen LogP contribution in [0.25, 0.3) is 0 Å². The average molecular weight is 255 g/mol. The van der Waals surface area contributed by atoms with Crippen LogP contribution in [0.2, 0.25) is 0 Å². The Kier molecular flexibility index (Phi) is 3.33. The van der Waals surface area contributed by atoms with E-state index in [1.165, 1.54) is 16.7 Å². The van der Waals surface area contributed by atoms with Crippen molar-refractivity contribution in [3.63, 3.8) is 0 Å². The molecule has 1 aromatic heterocycles. The van der Waals surface area contributed by atoms with Gasteiger partial charge in [-0.25, -0.2) is 4.98 Å². The van der Waals surface area contributed by atoms with Crippen molar-refractivity contribution in [1.29, 1.82) is 0 Å². The van der Waals surface area contributed by atoms with E-state index in [1.807, 2.05) is 12.1 Å². The molecule has 0 aliphatic carbocycles. The Morgan fingerprint density at radius 2 is 2.11 bits per heavy atom. The zero-order valence-corrected chi connectivity index (χ0v) is 10.9. The molecule has 0 saturated carbocycles. The van der Waals surface area contributed by atoms with Crippen molar-refractivity contribution < 1.29 is 4.74 Å². The lowest BCUT2D eigenvalue weighted by atomic mass is 10.1. The fourth-order valence-corrected chi connectivity index (χ4v) is 2.29. The lowest BCUT2D eigenvalue weighted by Gasteiger charge is -2.08. The second kappa shape index (κ2) is 5.28. The van der Waals surface area contributed by atoms with Crippen LogP contribution >= 0.6 is 0 Å². The molecule has 0 spiro atoms. The summed E-state index contributed by atoms with van der Waals surface area (Å²) < 4.78 is 5.11. The van der Waals surface area contributed by atoms with Crippen LogP contribution in [0.5, 0.6) is 5.88 Å². The summed E-state index contributed by atoms with van der Waals surface area (Å²) in [5.74, 6) is 0.628. The molecule has 2 aromatic rings. The second-order valence-corrected chi connectivity index (χ2v) is 4.65. The number of aromatic nitrogens is 1. The third-order valence-corrected chi connectivity index (χ3v) is 3.34. The van der Waals surface area contributed by atoms with Gasteiger partial charge in [0, 0.05) is 37.6 Å². The van der Waals surface area contributed by atoms with Crippen molar-refractivity contribution >= 4 is 5.69 Å². The van der Waals surface area contributed by atoms with Crippen molar-refractivity contribution in [2.45, 2.75) is 19.6 Å². The molecule has 1 aromatic carbocycles. The largest absolute Gasteiger partial charge is 0.481 e. The van der Waals surface area contributed by atoms with Crippen LogP contribution < -0.4 is 15.4 Å². The van der Waals surface area contributed by atoms with Crippen LogP contribution in [-0.2, 0) is 19.6 Å². The molecular weight excluding hydrogens is 238 g/mol. The summed E-state index contributed by atoms with van der Waals surface area (Å²) >= 11 is 0. The molecule has 0 bridgehead atoms. The smallest absolute Gasteiger partial charge is 0.214 e. The maximum atomic E-state index is 5.11. The highest BCUT2D eigenvalue weighted by molar-refractivity contribution is 5.46. The maximum absolute atomic E-state index is 5.11. The highest BCUT2D eigenvalue weighted by Gasteiger charge is 2.09. The highest BCUT2D eigenvalue weighted by Crippen LogP contribution is 2.19. The number of nitrogens with zero attached hydrogens (tertiary/aromatic N) is 1. The van der Waals surface area contributed by atoms with Crippen molar-refractivity contribution in [2.24, 2.45) is 0 Å². The van der Waals surface area contributed by atoms with Crippen LogP contribution in [0.3, 0.4) is 0 Å². The van der Waals surface area contributed by atoms with E-state index in [-0.39, 0.29) is 0 Å². The van der Waals surface area contributed by atoms with E-state index < -0.39 is 0 Å². The van der Waals surface area contributed by atoms with Gasteiger partial charge in [-0.05, 0) is 22.8 Å². The average Bonchev–Trinajstić information content (AvgIpc) is 2.93. The monoisotopic (exact) mass is 255 g/mol.